The minimum atomic E-state index is -1.42. The van der Waals surface area contributed by atoms with Gasteiger partial charge < -0.3 is 20.8 Å². The molecule has 1 rings (SSSR count). The van der Waals surface area contributed by atoms with E-state index in [1.807, 2.05) is 0 Å². The topological polar surface area (TPSA) is 116 Å². The molecule has 0 aromatic heterocycles. The fourth-order valence-corrected chi connectivity index (χ4v) is 1.90. The number of hydrogen-bond acceptors (Lipinski definition) is 4. The molecule has 21 heavy (non-hydrogen) atoms. The fourth-order valence-electron chi connectivity index (χ4n) is 1.51. The summed E-state index contributed by atoms with van der Waals surface area (Å²) in [5.41, 5.74) is 0.363. The third-order valence-electron chi connectivity index (χ3n) is 2.56. The van der Waals surface area contributed by atoms with E-state index in [9.17, 15) is 19.5 Å². The van der Waals surface area contributed by atoms with E-state index in [0.717, 1.165) is 4.47 Å². The lowest BCUT2D eigenvalue weighted by Gasteiger charge is -2.17. The molecule has 0 aliphatic carbocycles. The van der Waals surface area contributed by atoms with Crippen molar-refractivity contribution in [3.63, 3.8) is 0 Å². The van der Waals surface area contributed by atoms with Gasteiger partial charge in [0.2, 0.25) is 5.91 Å². The summed E-state index contributed by atoms with van der Waals surface area (Å²) in [4.78, 5) is 34.1. The number of aliphatic hydroxyl groups is 1. The van der Waals surface area contributed by atoms with E-state index in [2.05, 4.69) is 26.6 Å². The molecule has 0 saturated heterocycles. The predicted octanol–water partition coefficient (Wildman–Crippen LogP) is 0.129. The third kappa shape index (κ3) is 5.52. The van der Waals surface area contributed by atoms with Gasteiger partial charge >= 0.3 is 5.97 Å². The molecule has 2 amide bonds. The van der Waals surface area contributed by atoms with E-state index < -0.39 is 29.9 Å². The highest BCUT2D eigenvalue weighted by Crippen LogP contribution is 2.11. The lowest BCUT2D eigenvalue weighted by Crippen LogP contribution is -2.50. The fraction of sp³-hybridized carbons (Fsp3) is 0.308. The van der Waals surface area contributed by atoms with Crippen LogP contribution in [0, 0.1) is 0 Å². The summed E-state index contributed by atoms with van der Waals surface area (Å²) in [5.74, 6) is -2.52. The number of halogens is 1. The molecular formula is C13H15BrN2O5. The second-order valence-electron chi connectivity index (χ2n) is 4.32. The summed E-state index contributed by atoms with van der Waals surface area (Å²) >= 11 is 3.22. The summed E-state index contributed by atoms with van der Waals surface area (Å²) in [6, 6.07) is 5.17. The monoisotopic (exact) mass is 358 g/mol. The highest BCUT2D eigenvalue weighted by atomic mass is 79.9. The molecule has 1 aromatic rings. The van der Waals surface area contributed by atoms with Gasteiger partial charge in [-0.1, -0.05) is 22.0 Å². The molecule has 1 aromatic carbocycles. The Morgan fingerprint density at radius 3 is 2.52 bits per heavy atom. The number of carbonyl (C=O) groups excluding carboxylic acids is 2. The zero-order valence-corrected chi connectivity index (χ0v) is 12.8. The number of nitrogens with one attached hydrogen (secondary N) is 2. The van der Waals surface area contributed by atoms with Crippen molar-refractivity contribution in [2.45, 2.75) is 19.1 Å². The molecule has 0 saturated carbocycles. The molecule has 2 atom stereocenters. The molecular weight excluding hydrogens is 344 g/mol. The molecule has 0 fully saturated rings. The number of benzene rings is 1. The first-order valence-electron chi connectivity index (χ1n) is 6.05. The maximum absolute atomic E-state index is 11.8. The van der Waals surface area contributed by atoms with E-state index in [0.29, 0.717) is 5.56 Å². The standard InChI is InChI=1S/C13H15BrN2O5/c1-7(17)11(13(20)21)16-10(18)6-15-12(19)8-3-2-4-9(14)5-8/h2-5,7,11,17H,6H2,1H3,(H,15,19)(H,16,18)(H,20,21). The zero-order valence-electron chi connectivity index (χ0n) is 11.2. The van der Waals surface area contributed by atoms with Crippen LogP contribution in [-0.2, 0) is 9.59 Å². The maximum Gasteiger partial charge on any atom is 0.328 e. The number of amides is 2. The number of carboxylic acids is 1. The average molecular weight is 359 g/mol. The Kier molecular flexibility index (Phi) is 6.32. The molecule has 8 heteroatoms. The van der Waals surface area contributed by atoms with Crippen LogP contribution < -0.4 is 10.6 Å². The molecule has 0 bridgehead atoms. The van der Waals surface area contributed by atoms with Crippen molar-refractivity contribution in [1.82, 2.24) is 10.6 Å². The third-order valence-corrected chi connectivity index (χ3v) is 3.05. The number of carbonyl (C=O) groups is 3. The van der Waals surface area contributed by atoms with E-state index in [4.69, 9.17) is 5.11 Å². The van der Waals surface area contributed by atoms with Gasteiger partial charge in [-0.2, -0.15) is 0 Å². The lowest BCUT2D eigenvalue weighted by molar-refractivity contribution is -0.144. The van der Waals surface area contributed by atoms with Crippen LogP contribution in [0.4, 0.5) is 0 Å². The Morgan fingerprint density at radius 2 is 2.00 bits per heavy atom. The van der Waals surface area contributed by atoms with Crippen LogP contribution >= 0.6 is 15.9 Å². The Hall–Kier alpha value is -1.93. The summed E-state index contributed by atoms with van der Waals surface area (Å²) in [6.07, 6.45) is -1.24. The SMILES string of the molecule is CC(O)C(NC(=O)CNC(=O)c1cccc(Br)c1)C(=O)O. The van der Waals surface area contributed by atoms with Crippen LogP contribution in [-0.4, -0.2) is 46.7 Å². The van der Waals surface area contributed by atoms with Gasteiger partial charge in [-0.15, -0.1) is 0 Å². The van der Waals surface area contributed by atoms with E-state index >= 15 is 0 Å². The van der Waals surface area contributed by atoms with Gasteiger partial charge in [0.1, 0.15) is 0 Å². The molecule has 0 radical (unpaired) electrons. The molecule has 0 heterocycles. The summed E-state index contributed by atoms with van der Waals surface area (Å²) in [7, 11) is 0. The first-order chi connectivity index (χ1) is 9.81. The summed E-state index contributed by atoms with van der Waals surface area (Å²) < 4.78 is 0.722. The van der Waals surface area contributed by atoms with Crippen molar-refractivity contribution < 1.29 is 24.6 Å². The Balaban J connectivity index is 2.53. The van der Waals surface area contributed by atoms with Crippen molar-refractivity contribution in [2.75, 3.05) is 6.54 Å². The first kappa shape index (κ1) is 17.1. The van der Waals surface area contributed by atoms with Gasteiger partial charge in [-0.3, -0.25) is 9.59 Å². The molecule has 7 nitrogen and oxygen atoms in total. The van der Waals surface area contributed by atoms with E-state index in [-0.39, 0.29) is 6.54 Å². The van der Waals surface area contributed by atoms with Gasteiger partial charge in [-0.25, -0.2) is 4.79 Å². The van der Waals surface area contributed by atoms with Gasteiger partial charge in [0, 0.05) is 10.0 Å². The van der Waals surface area contributed by atoms with Crippen LogP contribution in [0.2, 0.25) is 0 Å². The minimum Gasteiger partial charge on any atom is -0.480 e. The summed E-state index contributed by atoms with van der Waals surface area (Å²) in [5, 5.41) is 22.5. The smallest absolute Gasteiger partial charge is 0.328 e. The second kappa shape index (κ2) is 7.75. The number of aliphatic hydroxyl groups excluding tert-OH is 1. The Bertz CT molecular complexity index is 547. The molecule has 2 unspecified atom stereocenters. The number of aliphatic carboxylic acids is 1. The van der Waals surface area contributed by atoms with Crippen LogP contribution in [0.25, 0.3) is 0 Å². The maximum atomic E-state index is 11.8. The molecule has 4 N–H and O–H groups in total. The van der Waals surface area contributed by atoms with Crippen molar-refractivity contribution in [3.8, 4) is 0 Å². The molecule has 0 aliphatic rings. The second-order valence-corrected chi connectivity index (χ2v) is 5.23. The normalized spacial score (nSPS) is 13.1. The molecule has 114 valence electrons. The largest absolute Gasteiger partial charge is 0.480 e. The number of rotatable bonds is 6. The quantitative estimate of drug-likeness (QED) is 0.576. The van der Waals surface area contributed by atoms with Crippen LogP contribution in [0.3, 0.4) is 0 Å². The molecule has 0 spiro atoms. The van der Waals surface area contributed by atoms with Gasteiger partial charge in [0.25, 0.3) is 5.91 Å². The summed E-state index contributed by atoms with van der Waals surface area (Å²) in [6.45, 7) is 0.862. The predicted molar refractivity (Wildman–Crippen MR) is 77.7 cm³/mol. The minimum absolute atomic E-state index is 0.363. The highest BCUT2D eigenvalue weighted by Gasteiger charge is 2.24. The van der Waals surface area contributed by atoms with Crippen LogP contribution in [0.1, 0.15) is 17.3 Å². The van der Waals surface area contributed by atoms with E-state index in [1.165, 1.54) is 6.92 Å². The Labute approximate surface area is 129 Å². The van der Waals surface area contributed by atoms with Crippen LogP contribution in [0.15, 0.2) is 28.7 Å². The first-order valence-corrected chi connectivity index (χ1v) is 6.84. The Morgan fingerprint density at radius 1 is 1.33 bits per heavy atom. The number of carboxylic acid groups (broad SMARTS) is 1. The number of hydrogen-bond donors (Lipinski definition) is 4. The van der Waals surface area contributed by atoms with Gasteiger partial charge in [-0.05, 0) is 25.1 Å². The van der Waals surface area contributed by atoms with Gasteiger partial charge in [0.05, 0.1) is 12.6 Å². The van der Waals surface area contributed by atoms with Crippen molar-refractivity contribution in [2.24, 2.45) is 0 Å². The lowest BCUT2D eigenvalue weighted by atomic mass is 10.2. The van der Waals surface area contributed by atoms with Crippen molar-refractivity contribution in [3.05, 3.63) is 34.3 Å². The van der Waals surface area contributed by atoms with Gasteiger partial charge in [0.15, 0.2) is 6.04 Å². The van der Waals surface area contributed by atoms with Crippen molar-refractivity contribution in [1.29, 1.82) is 0 Å². The van der Waals surface area contributed by atoms with E-state index in [1.54, 1.807) is 24.3 Å². The molecule has 0 aliphatic heterocycles. The van der Waals surface area contributed by atoms with Crippen LogP contribution in [0.5, 0.6) is 0 Å². The van der Waals surface area contributed by atoms with Crippen molar-refractivity contribution >= 4 is 33.7 Å². The zero-order chi connectivity index (χ0) is 16.0. The average Bonchev–Trinajstić information content (AvgIpc) is 2.41. The highest BCUT2D eigenvalue weighted by molar-refractivity contribution is 9.10.